The Kier molecular flexibility index (Phi) is 6.35. The molecule has 64 valence electrons. The van der Waals surface area contributed by atoms with Crippen molar-refractivity contribution >= 4 is 12.6 Å². The van der Waals surface area contributed by atoms with Crippen LogP contribution < -0.4 is 0 Å². The van der Waals surface area contributed by atoms with Gasteiger partial charge in [0.15, 0.2) is 0 Å². The SMILES string of the molecule is CCC([S-])c1ccc(F)cc1.[U]. The molecule has 0 bridgehead atoms. The number of benzene rings is 1. The molecule has 0 nitrogen and oxygen atoms in total. The summed E-state index contributed by atoms with van der Waals surface area (Å²) in [6.45, 7) is 2.03. The zero-order valence-corrected chi connectivity index (χ0v) is 11.9. The van der Waals surface area contributed by atoms with Crippen molar-refractivity contribution in [1.82, 2.24) is 0 Å². The topological polar surface area (TPSA) is 0 Å². The average molecular weight is 407 g/mol. The van der Waals surface area contributed by atoms with Crippen LogP contribution in [0.1, 0.15) is 24.2 Å². The second kappa shape index (κ2) is 6.07. The molecule has 0 radical (unpaired) electrons. The molecular formula is C9H10FSU-. The molecule has 0 heterocycles. The van der Waals surface area contributed by atoms with Crippen molar-refractivity contribution in [3.63, 3.8) is 0 Å². The first-order valence-electron chi connectivity index (χ1n) is 3.65. The summed E-state index contributed by atoms with van der Waals surface area (Å²) in [7, 11) is 0. The zero-order valence-electron chi connectivity index (χ0n) is 6.88. The third-order valence-electron chi connectivity index (χ3n) is 1.61. The van der Waals surface area contributed by atoms with E-state index < -0.39 is 0 Å². The summed E-state index contributed by atoms with van der Waals surface area (Å²) in [6, 6.07) is 6.39. The molecule has 0 fully saturated rings. The molecular weight excluding hydrogens is 397 g/mol. The minimum atomic E-state index is -0.202. The minimum Gasteiger partial charge on any atom is -0.785 e. The van der Waals surface area contributed by atoms with Crippen molar-refractivity contribution in [3.8, 4) is 0 Å². The van der Waals surface area contributed by atoms with E-state index in [0.717, 1.165) is 12.0 Å². The average Bonchev–Trinajstić information content (AvgIpc) is 2.05. The van der Waals surface area contributed by atoms with Gasteiger partial charge in [-0.1, -0.05) is 31.0 Å². The summed E-state index contributed by atoms with van der Waals surface area (Å²) < 4.78 is 12.4. The standard InChI is InChI=1S/C9H11FS.U/c1-2-9(11)7-3-5-8(10)6-4-7;/h3-6,9,11H,2H2,1H3;/p-1. The second-order valence-electron chi connectivity index (χ2n) is 2.45. The van der Waals surface area contributed by atoms with E-state index in [0.29, 0.717) is 0 Å². The third kappa shape index (κ3) is 3.51. The van der Waals surface area contributed by atoms with Gasteiger partial charge in [0.2, 0.25) is 0 Å². The van der Waals surface area contributed by atoms with E-state index in [1.165, 1.54) is 12.1 Å². The first kappa shape index (κ1) is 12.6. The van der Waals surface area contributed by atoms with Gasteiger partial charge in [-0.05, 0) is 12.1 Å². The van der Waals surface area contributed by atoms with E-state index in [2.05, 4.69) is 0 Å². The molecule has 0 aliphatic carbocycles. The maximum Gasteiger partial charge on any atom is 0.123 e. The van der Waals surface area contributed by atoms with Crippen LogP contribution in [0.15, 0.2) is 24.3 Å². The monoisotopic (exact) mass is 407 g/mol. The predicted octanol–water partition coefficient (Wildman–Crippen LogP) is 2.82. The minimum absolute atomic E-state index is 0. The number of halogens is 1. The fourth-order valence-electron chi connectivity index (χ4n) is 0.913. The fraction of sp³-hybridized carbons (Fsp3) is 0.333. The zero-order chi connectivity index (χ0) is 8.27. The van der Waals surface area contributed by atoms with Crippen molar-refractivity contribution in [2.24, 2.45) is 0 Å². The van der Waals surface area contributed by atoms with Gasteiger partial charge < -0.3 is 12.6 Å². The summed E-state index contributed by atoms with van der Waals surface area (Å²) in [6.07, 6.45) is 0.918. The van der Waals surface area contributed by atoms with Crippen molar-refractivity contribution < 1.29 is 35.5 Å². The Morgan fingerprint density at radius 3 is 2.25 bits per heavy atom. The van der Waals surface area contributed by atoms with Gasteiger partial charge in [-0.2, -0.15) is 0 Å². The van der Waals surface area contributed by atoms with Crippen LogP contribution >= 0.6 is 0 Å². The van der Waals surface area contributed by atoms with Gasteiger partial charge in [0.25, 0.3) is 0 Å². The van der Waals surface area contributed by atoms with E-state index in [9.17, 15) is 4.39 Å². The maximum atomic E-state index is 12.4. The molecule has 0 aliphatic heterocycles. The number of rotatable bonds is 2. The van der Waals surface area contributed by atoms with Crippen LogP contribution in [-0.2, 0) is 12.6 Å². The fourth-order valence-corrected chi connectivity index (χ4v) is 1.07. The molecule has 1 aromatic carbocycles. The van der Waals surface area contributed by atoms with Crippen LogP contribution in [-0.4, -0.2) is 0 Å². The van der Waals surface area contributed by atoms with Crippen molar-refractivity contribution in [2.75, 3.05) is 0 Å². The Hall–Kier alpha value is 0.552. The van der Waals surface area contributed by atoms with Crippen LogP contribution in [0.25, 0.3) is 0 Å². The summed E-state index contributed by atoms with van der Waals surface area (Å²) in [5, 5.41) is 0.121. The number of hydrogen-bond donors (Lipinski definition) is 0. The molecule has 3 heteroatoms. The summed E-state index contributed by atoms with van der Waals surface area (Å²) in [5.74, 6) is -0.202. The first-order valence-corrected chi connectivity index (χ1v) is 4.12. The van der Waals surface area contributed by atoms with Crippen LogP contribution in [0.5, 0.6) is 0 Å². The maximum absolute atomic E-state index is 12.4. The normalized spacial score (nSPS) is 11.9. The van der Waals surface area contributed by atoms with E-state index in [1.54, 1.807) is 12.1 Å². The quantitative estimate of drug-likeness (QED) is 0.680. The molecule has 1 unspecified atom stereocenters. The summed E-state index contributed by atoms with van der Waals surface area (Å²) in [4.78, 5) is 0. The molecule has 0 saturated heterocycles. The Morgan fingerprint density at radius 1 is 1.33 bits per heavy atom. The molecule has 0 N–H and O–H groups in total. The van der Waals surface area contributed by atoms with Gasteiger partial charge in [-0.15, -0.1) is 5.25 Å². The largest absolute Gasteiger partial charge is 0.785 e. The smallest absolute Gasteiger partial charge is 0.123 e. The van der Waals surface area contributed by atoms with Crippen LogP contribution in [0, 0.1) is 36.9 Å². The van der Waals surface area contributed by atoms with E-state index in [1.807, 2.05) is 6.92 Å². The van der Waals surface area contributed by atoms with Gasteiger partial charge >= 0.3 is 0 Å². The third-order valence-corrected chi connectivity index (χ3v) is 2.22. The Bertz CT molecular complexity index is 222. The van der Waals surface area contributed by atoms with E-state index in [4.69, 9.17) is 12.6 Å². The van der Waals surface area contributed by atoms with Gasteiger partial charge in [0.05, 0.1) is 0 Å². The van der Waals surface area contributed by atoms with Gasteiger partial charge in [0.1, 0.15) is 5.82 Å². The Morgan fingerprint density at radius 2 is 1.83 bits per heavy atom. The molecule has 1 rings (SSSR count). The molecule has 1 aromatic rings. The molecule has 0 spiro atoms. The first-order chi connectivity index (χ1) is 5.24. The van der Waals surface area contributed by atoms with Gasteiger partial charge in [0, 0.05) is 31.1 Å². The molecule has 0 amide bonds. The van der Waals surface area contributed by atoms with Gasteiger partial charge in [-0.25, -0.2) is 4.39 Å². The molecule has 12 heavy (non-hydrogen) atoms. The van der Waals surface area contributed by atoms with E-state index in [-0.39, 0.29) is 42.2 Å². The summed E-state index contributed by atoms with van der Waals surface area (Å²) in [5.41, 5.74) is 1.03. The molecule has 0 aromatic heterocycles. The molecule has 1 atom stereocenters. The van der Waals surface area contributed by atoms with Crippen molar-refractivity contribution in [1.29, 1.82) is 0 Å². The number of hydrogen-bond acceptors (Lipinski definition) is 1. The van der Waals surface area contributed by atoms with E-state index >= 15 is 0 Å². The molecule has 0 aliphatic rings. The predicted molar refractivity (Wildman–Crippen MR) is 46.8 cm³/mol. The van der Waals surface area contributed by atoms with Gasteiger partial charge in [-0.3, -0.25) is 0 Å². The van der Waals surface area contributed by atoms with Crippen molar-refractivity contribution in [3.05, 3.63) is 35.6 Å². The Labute approximate surface area is 102 Å². The Balaban J connectivity index is 0.00000121. The summed E-state index contributed by atoms with van der Waals surface area (Å²) >= 11 is 5.13. The van der Waals surface area contributed by atoms with Crippen LogP contribution in [0.3, 0.4) is 0 Å². The van der Waals surface area contributed by atoms with Crippen molar-refractivity contribution in [2.45, 2.75) is 18.6 Å². The van der Waals surface area contributed by atoms with Crippen LogP contribution in [0.4, 0.5) is 4.39 Å². The van der Waals surface area contributed by atoms with Crippen LogP contribution in [0.2, 0.25) is 0 Å². The molecule has 0 saturated carbocycles. The second-order valence-corrected chi connectivity index (χ2v) is 3.02.